The van der Waals surface area contributed by atoms with Crippen molar-refractivity contribution in [2.45, 2.75) is 38.3 Å². The van der Waals surface area contributed by atoms with Crippen LogP contribution >= 0.6 is 0 Å². The zero-order chi connectivity index (χ0) is 14.9. The van der Waals surface area contributed by atoms with Crippen molar-refractivity contribution in [1.29, 1.82) is 0 Å². The lowest BCUT2D eigenvalue weighted by Gasteiger charge is -2.39. The first kappa shape index (κ1) is 15.0. The molecule has 2 aromatic rings. The molecule has 0 saturated carbocycles. The Morgan fingerprint density at radius 3 is 2.55 bits per heavy atom. The number of benzene rings is 1. The molecule has 0 spiro atoms. The van der Waals surface area contributed by atoms with Crippen molar-refractivity contribution in [3.8, 4) is 0 Å². The maximum Gasteiger partial charge on any atom is 0.112 e. The number of aliphatic hydroxyl groups is 1. The lowest BCUT2D eigenvalue weighted by Crippen LogP contribution is -2.51. The van der Waals surface area contributed by atoms with Crippen LogP contribution in [-0.2, 0) is 13.5 Å². The summed E-state index contributed by atoms with van der Waals surface area (Å²) >= 11 is 0. The molecule has 0 radical (unpaired) electrons. The van der Waals surface area contributed by atoms with Gasteiger partial charge in [-0.05, 0) is 39.6 Å². The molecule has 0 bridgehead atoms. The number of rotatable bonds is 5. The van der Waals surface area contributed by atoms with Gasteiger partial charge in [0.05, 0.1) is 17.1 Å². The van der Waals surface area contributed by atoms with Gasteiger partial charge in [-0.15, -0.1) is 0 Å². The molecular formula is C16H25N3O. The Morgan fingerprint density at radius 1 is 1.35 bits per heavy atom. The number of aliphatic hydroxyl groups excluding tert-OH is 1. The number of likely N-dealkylation sites (N-methyl/N-ethyl adjacent to an activating group) is 1. The second-order valence-corrected chi connectivity index (χ2v) is 5.90. The fourth-order valence-electron chi connectivity index (χ4n) is 2.62. The number of aromatic nitrogens is 2. The summed E-state index contributed by atoms with van der Waals surface area (Å²) in [4.78, 5) is 6.74. The van der Waals surface area contributed by atoms with E-state index < -0.39 is 6.10 Å². The predicted octanol–water partition coefficient (Wildman–Crippen LogP) is 2.21. The molecule has 4 heteroatoms. The highest BCUT2D eigenvalue weighted by atomic mass is 16.3. The quantitative estimate of drug-likeness (QED) is 0.909. The monoisotopic (exact) mass is 275 g/mol. The molecule has 2 atom stereocenters. The van der Waals surface area contributed by atoms with Crippen LogP contribution in [-0.4, -0.2) is 45.3 Å². The summed E-state index contributed by atoms with van der Waals surface area (Å²) < 4.78 is 2.07. The van der Waals surface area contributed by atoms with Crippen molar-refractivity contribution < 1.29 is 5.11 Å². The second kappa shape index (κ2) is 5.54. The molecule has 4 nitrogen and oxygen atoms in total. The van der Waals surface area contributed by atoms with Crippen molar-refractivity contribution in [2.24, 2.45) is 7.05 Å². The largest absolute Gasteiger partial charge is 0.391 e. The Morgan fingerprint density at radius 2 is 2.00 bits per heavy atom. The molecule has 0 aliphatic carbocycles. The van der Waals surface area contributed by atoms with Crippen molar-refractivity contribution >= 4 is 11.0 Å². The van der Waals surface area contributed by atoms with Crippen molar-refractivity contribution in [1.82, 2.24) is 14.5 Å². The lowest BCUT2D eigenvalue weighted by atomic mass is 9.88. The van der Waals surface area contributed by atoms with E-state index in [-0.39, 0.29) is 5.54 Å². The summed E-state index contributed by atoms with van der Waals surface area (Å²) in [5.41, 5.74) is 1.86. The minimum absolute atomic E-state index is 0.238. The Hall–Kier alpha value is -1.39. The normalized spacial score (nSPS) is 16.6. The number of hydrogen-bond donors (Lipinski definition) is 1. The number of fused-ring (bicyclic) bond motifs is 1. The zero-order valence-corrected chi connectivity index (χ0v) is 13.1. The first-order chi connectivity index (χ1) is 9.40. The van der Waals surface area contributed by atoms with Gasteiger partial charge in [-0.3, -0.25) is 0 Å². The van der Waals surface area contributed by atoms with E-state index in [9.17, 15) is 5.11 Å². The SMILES string of the molecule is CCC(C)(C(O)Cc1nc2ccccc2n1C)N(C)C. The van der Waals surface area contributed by atoms with Crippen LogP contribution in [0.3, 0.4) is 0 Å². The van der Waals surface area contributed by atoms with Gasteiger partial charge in [0.15, 0.2) is 0 Å². The summed E-state index contributed by atoms with van der Waals surface area (Å²) in [7, 11) is 6.04. The molecule has 0 fully saturated rings. The highest BCUT2D eigenvalue weighted by Crippen LogP contribution is 2.24. The lowest BCUT2D eigenvalue weighted by molar-refractivity contribution is 0.00161. The van der Waals surface area contributed by atoms with Gasteiger partial charge in [0.2, 0.25) is 0 Å². The molecule has 2 unspecified atom stereocenters. The molecule has 110 valence electrons. The Labute approximate surface area is 121 Å². The van der Waals surface area contributed by atoms with E-state index in [1.807, 2.05) is 39.3 Å². The molecule has 2 rings (SSSR count). The van der Waals surface area contributed by atoms with Crippen LogP contribution < -0.4 is 0 Å². The van der Waals surface area contributed by atoms with Gasteiger partial charge in [-0.1, -0.05) is 19.1 Å². The van der Waals surface area contributed by atoms with Crippen molar-refractivity contribution in [2.75, 3.05) is 14.1 Å². The van der Waals surface area contributed by atoms with E-state index in [0.717, 1.165) is 23.3 Å². The van der Waals surface area contributed by atoms with Gasteiger partial charge in [0, 0.05) is 19.0 Å². The van der Waals surface area contributed by atoms with Crippen molar-refractivity contribution in [3.05, 3.63) is 30.1 Å². The molecule has 0 amide bonds. The third-order valence-electron chi connectivity index (χ3n) is 4.71. The first-order valence-corrected chi connectivity index (χ1v) is 7.16. The van der Waals surface area contributed by atoms with E-state index in [1.165, 1.54) is 0 Å². The minimum Gasteiger partial charge on any atom is -0.391 e. The molecule has 1 aromatic heterocycles. The van der Waals surface area contributed by atoms with E-state index in [1.54, 1.807) is 0 Å². The Bertz CT molecular complexity index is 590. The molecule has 20 heavy (non-hydrogen) atoms. The van der Waals surface area contributed by atoms with Gasteiger partial charge in [0.25, 0.3) is 0 Å². The van der Waals surface area contributed by atoms with Crippen LogP contribution in [0.1, 0.15) is 26.1 Å². The third-order valence-corrected chi connectivity index (χ3v) is 4.71. The van der Waals surface area contributed by atoms with Gasteiger partial charge >= 0.3 is 0 Å². The van der Waals surface area contributed by atoms with Crippen LogP contribution in [0.5, 0.6) is 0 Å². The van der Waals surface area contributed by atoms with Crippen LogP contribution in [0.25, 0.3) is 11.0 Å². The predicted molar refractivity (Wildman–Crippen MR) is 82.8 cm³/mol. The zero-order valence-electron chi connectivity index (χ0n) is 13.1. The fourth-order valence-corrected chi connectivity index (χ4v) is 2.62. The summed E-state index contributed by atoms with van der Waals surface area (Å²) in [5, 5.41) is 10.6. The highest BCUT2D eigenvalue weighted by molar-refractivity contribution is 5.75. The average molecular weight is 275 g/mol. The van der Waals surface area contributed by atoms with E-state index >= 15 is 0 Å². The van der Waals surface area contributed by atoms with Gasteiger partial charge < -0.3 is 14.6 Å². The summed E-state index contributed by atoms with van der Waals surface area (Å²) in [6, 6.07) is 8.07. The molecule has 1 N–H and O–H groups in total. The fraction of sp³-hybridized carbons (Fsp3) is 0.562. The molecular weight excluding hydrogens is 250 g/mol. The summed E-state index contributed by atoms with van der Waals surface area (Å²) in [6.07, 6.45) is 1.01. The molecule has 1 heterocycles. The molecule has 0 aliphatic heterocycles. The van der Waals surface area contributed by atoms with Crippen LogP contribution in [0.4, 0.5) is 0 Å². The maximum atomic E-state index is 10.6. The number of aryl methyl sites for hydroxylation is 1. The standard InChI is InChI=1S/C16H25N3O/c1-6-16(2,18(3)4)14(20)11-15-17-12-9-7-8-10-13(12)19(15)5/h7-10,14,20H,6,11H2,1-5H3. The Balaban J connectivity index is 2.30. The molecule has 0 saturated heterocycles. The third kappa shape index (κ3) is 2.45. The van der Waals surface area contributed by atoms with Crippen molar-refractivity contribution in [3.63, 3.8) is 0 Å². The van der Waals surface area contributed by atoms with Gasteiger partial charge in [-0.25, -0.2) is 4.98 Å². The maximum absolute atomic E-state index is 10.6. The average Bonchev–Trinajstić information content (AvgIpc) is 2.74. The second-order valence-electron chi connectivity index (χ2n) is 5.90. The number of para-hydroxylation sites is 2. The summed E-state index contributed by atoms with van der Waals surface area (Å²) in [6.45, 7) is 4.21. The van der Waals surface area contributed by atoms with E-state index in [4.69, 9.17) is 0 Å². The number of imidazole rings is 1. The molecule has 0 aliphatic rings. The molecule has 1 aromatic carbocycles. The number of nitrogens with zero attached hydrogens (tertiary/aromatic N) is 3. The van der Waals surface area contributed by atoms with Crippen LogP contribution in [0, 0.1) is 0 Å². The Kier molecular flexibility index (Phi) is 4.16. The number of hydrogen-bond acceptors (Lipinski definition) is 3. The topological polar surface area (TPSA) is 41.3 Å². The van der Waals surface area contributed by atoms with Crippen LogP contribution in [0.15, 0.2) is 24.3 Å². The smallest absolute Gasteiger partial charge is 0.112 e. The van der Waals surface area contributed by atoms with E-state index in [0.29, 0.717) is 6.42 Å². The summed E-state index contributed by atoms with van der Waals surface area (Å²) in [5.74, 6) is 0.931. The van der Waals surface area contributed by atoms with Gasteiger partial charge in [0.1, 0.15) is 5.82 Å². The highest BCUT2D eigenvalue weighted by Gasteiger charge is 2.34. The van der Waals surface area contributed by atoms with E-state index in [2.05, 4.69) is 34.4 Å². The first-order valence-electron chi connectivity index (χ1n) is 7.16. The minimum atomic E-state index is -0.446. The van der Waals surface area contributed by atoms with Crippen LogP contribution in [0.2, 0.25) is 0 Å². The van der Waals surface area contributed by atoms with Gasteiger partial charge in [-0.2, -0.15) is 0 Å².